The number of halogens is 2. The van der Waals surface area contributed by atoms with Crippen molar-refractivity contribution >= 4 is 72.8 Å². The number of carbonyl (C=O) groups excluding carboxylic acids is 1. The lowest BCUT2D eigenvalue weighted by atomic mass is 10.0. The lowest BCUT2D eigenvalue weighted by Crippen LogP contribution is -2.50. The molecule has 0 saturated carbocycles. The Balaban J connectivity index is 0.000000967. The van der Waals surface area contributed by atoms with Crippen LogP contribution in [0.5, 0.6) is 0 Å². The highest BCUT2D eigenvalue weighted by molar-refractivity contribution is 7.26. The number of carbonyl (C=O) groups is 2. The first-order valence-corrected chi connectivity index (χ1v) is 12.9. The van der Waals surface area contributed by atoms with Crippen LogP contribution in [0.4, 0.5) is 5.69 Å². The first kappa shape index (κ1) is 26.2. The zero-order valence-electron chi connectivity index (χ0n) is 19.6. The van der Waals surface area contributed by atoms with Crippen LogP contribution in [0.3, 0.4) is 0 Å². The molecule has 1 aliphatic heterocycles. The first-order chi connectivity index (χ1) is 17.4. The van der Waals surface area contributed by atoms with E-state index < -0.39 is 6.04 Å². The highest BCUT2D eigenvalue weighted by Crippen LogP contribution is 2.39. The number of rotatable bonds is 5. The largest absolute Gasteiger partial charge is 0.483 e. The van der Waals surface area contributed by atoms with Crippen LogP contribution in [0.2, 0.25) is 10.0 Å². The normalized spacial score (nSPS) is 15.2. The van der Waals surface area contributed by atoms with Crippen LogP contribution in [0, 0.1) is 0 Å². The number of carboxylic acid groups (broad SMARTS) is 1. The van der Waals surface area contributed by atoms with E-state index in [1.165, 1.54) is 15.5 Å². The van der Waals surface area contributed by atoms with Crippen LogP contribution < -0.4 is 10.9 Å². The third kappa shape index (κ3) is 5.91. The van der Waals surface area contributed by atoms with E-state index in [0.717, 1.165) is 36.4 Å². The molecule has 1 atom stereocenters. The van der Waals surface area contributed by atoms with Gasteiger partial charge in [-0.25, -0.2) is 0 Å². The smallest absolute Gasteiger partial charge is 0.290 e. The van der Waals surface area contributed by atoms with Crippen LogP contribution in [0.15, 0.2) is 60.7 Å². The Kier molecular flexibility index (Phi) is 8.66. The van der Waals surface area contributed by atoms with Crippen molar-refractivity contribution in [1.29, 1.82) is 0 Å². The summed E-state index contributed by atoms with van der Waals surface area (Å²) in [5.74, 6) is -0.111. The summed E-state index contributed by atoms with van der Waals surface area (Å²) in [5.41, 5.74) is 7.57. The van der Waals surface area contributed by atoms with Gasteiger partial charge in [0.05, 0.1) is 5.69 Å². The molecule has 4 aromatic rings. The molecule has 1 fully saturated rings. The summed E-state index contributed by atoms with van der Waals surface area (Å²) in [7, 11) is 2.11. The van der Waals surface area contributed by atoms with Gasteiger partial charge in [0.15, 0.2) is 0 Å². The summed E-state index contributed by atoms with van der Waals surface area (Å²) in [4.78, 5) is 26.6. The number of hydrogen-bond donors (Lipinski definition) is 3. The topological polar surface area (TPSA) is 84.9 Å². The molecule has 0 aliphatic carbocycles. The van der Waals surface area contributed by atoms with Crippen molar-refractivity contribution in [1.82, 2.24) is 15.2 Å². The molecular weight excluding hydrogens is 519 g/mol. The van der Waals surface area contributed by atoms with Gasteiger partial charge in [0.1, 0.15) is 6.04 Å². The Morgan fingerprint density at radius 1 is 1.00 bits per heavy atom. The van der Waals surface area contributed by atoms with Crippen molar-refractivity contribution in [2.45, 2.75) is 6.04 Å². The van der Waals surface area contributed by atoms with Gasteiger partial charge >= 0.3 is 0 Å². The van der Waals surface area contributed by atoms with Gasteiger partial charge in [-0.1, -0.05) is 59.6 Å². The van der Waals surface area contributed by atoms with Crippen LogP contribution in [0.1, 0.15) is 11.6 Å². The third-order valence-corrected chi connectivity index (χ3v) is 7.75. The molecule has 3 aromatic carbocycles. The van der Waals surface area contributed by atoms with Crippen molar-refractivity contribution in [3.8, 4) is 0 Å². The van der Waals surface area contributed by atoms with Crippen molar-refractivity contribution in [3.63, 3.8) is 0 Å². The summed E-state index contributed by atoms with van der Waals surface area (Å²) in [6.45, 7) is 3.23. The molecule has 1 aromatic heterocycles. The fourth-order valence-electron chi connectivity index (χ4n) is 4.40. The molecule has 1 amide bonds. The predicted molar refractivity (Wildman–Crippen MR) is 148 cm³/mol. The summed E-state index contributed by atoms with van der Waals surface area (Å²) in [6.07, 6.45) is 0. The van der Waals surface area contributed by atoms with Gasteiger partial charge in [-0.05, 0) is 36.9 Å². The minimum atomic E-state index is -0.419. The van der Waals surface area contributed by atoms with Crippen LogP contribution in [-0.2, 0) is 9.59 Å². The summed E-state index contributed by atoms with van der Waals surface area (Å²) in [5, 5.41) is 10.3. The van der Waals surface area contributed by atoms with Gasteiger partial charge in [0.25, 0.3) is 12.4 Å². The monoisotopic (exact) mass is 544 g/mol. The zero-order chi connectivity index (χ0) is 25.7. The number of thiophene rings is 1. The van der Waals surface area contributed by atoms with E-state index in [1.54, 1.807) is 29.5 Å². The van der Waals surface area contributed by atoms with Gasteiger partial charge < -0.3 is 10.0 Å². The van der Waals surface area contributed by atoms with Gasteiger partial charge in [-0.15, -0.1) is 11.3 Å². The molecule has 36 heavy (non-hydrogen) atoms. The Hall–Kier alpha value is -2.88. The molecule has 1 saturated heterocycles. The van der Waals surface area contributed by atoms with Crippen LogP contribution >= 0.6 is 34.5 Å². The number of hydrogen-bond acceptors (Lipinski definition) is 6. The average Bonchev–Trinajstić information content (AvgIpc) is 3.24. The number of likely N-dealkylation sites (N-methyl/N-ethyl adjacent to an activating group) is 1. The van der Waals surface area contributed by atoms with E-state index in [2.05, 4.69) is 70.2 Å². The van der Waals surface area contributed by atoms with Crippen molar-refractivity contribution in [2.75, 3.05) is 38.7 Å². The third-order valence-electron chi connectivity index (χ3n) is 6.07. The van der Waals surface area contributed by atoms with E-state index in [1.807, 2.05) is 0 Å². The number of hydrazine groups is 1. The summed E-state index contributed by atoms with van der Waals surface area (Å²) >= 11 is 14.0. The van der Waals surface area contributed by atoms with E-state index in [4.69, 9.17) is 33.1 Å². The van der Waals surface area contributed by atoms with Gasteiger partial charge in [-0.2, -0.15) is 0 Å². The van der Waals surface area contributed by atoms with E-state index in [-0.39, 0.29) is 12.4 Å². The quantitative estimate of drug-likeness (QED) is 0.227. The number of benzene rings is 3. The maximum Gasteiger partial charge on any atom is 0.290 e. The highest BCUT2D eigenvalue weighted by Gasteiger charge is 2.31. The maximum atomic E-state index is 13.6. The number of amides is 1. The second kappa shape index (κ2) is 11.9. The van der Waals surface area contributed by atoms with Crippen LogP contribution in [-0.4, -0.2) is 60.5 Å². The minimum Gasteiger partial charge on any atom is -0.483 e. The number of fused-ring (bicyclic) bond motifs is 3. The van der Waals surface area contributed by atoms with Crippen molar-refractivity contribution in [3.05, 3.63) is 76.3 Å². The van der Waals surface area contributed by atoms with E-state index in [9.17, 15) is 4.79 Å². The molecule has 5 rings (SSSR count). The standard InChI is InChI=1S/C25H24Cl2N4OS.CH2O2/c1-30-9-11-31(12-10-30)23(25(32)29-28-18-14-16(26)13-17(27)15-18)21-7-4-6-20-19-5-2-3-8-22(19)33-24(20)21;2-1-3/h2-8,13-15,23,28H,9-12H2,1H3,(H,29,32);1H,(H,2,3). The molecule has 188 valence electrons. The first-order valence-electron chi connectivity index (χ1n) is 11.3. The second-order valence-corrected chi connectivity index (χ2v) is 10.4. The molecular formula is C26H26Cl2N4O3S. The van der Waals surface area contributed by atoms with Gasteiger partial charge in [-0.3, -0.25) is 25.3 Å². The number of nitrogens with one attached hydrogen (secondary N) is 2. The van der Waals surface area contributed by atoms with Gasteiger partial charge in [0, 0.05) is 56.4 Å². The summed E-state index contributed by atoms with van der Waals surface area (Å²) in [6, 6.07) is 19.4. The van der Waals surface area contributed by atoms with Crippen molar-refractivity contribution < 1.29 is 14.7 Å². The molecule has 1 unspecified atom stereocenters. The molecule has 0 bridgehead atoms. The number of anilines is 1. The molecule has 3 N–H and O–H groups in total. The maximum absolute atomic E-state index is 13.6. The molecule has 10 heteroatoms. The Labute approximate surface area is 223 Å². The van der Waals surface area contributed by atoms with E-state index >= 15 is 0 Å². The van der Waals surface area contributed by atoms with Gasteiger partial charge in [0.2, 0.25) is 0 Å². The Bertz CT molecular complexity index is 1350. The number of nitrogens with zero attached hydrogens (tertiary/aromatic N) is 2. The van der Waals surface area contributed by atoms with E-state index in [0.29, 0.717) is 15.7 Å². The molecule has 0 spiro atoms. The minimum absolute atomic E-state index is 0.111. The average molecular weight is 545 g/mol. The predicted octanol–water partition coefficient (Wildman–Crippen LogP) is 5.49. The molecule has 1 aliphatic rings. The van der Waals surface area contributed by atoms with Crippen molar-refractivity contribution in [2.24, 2.45) is 0 Å². The molecule has 0 radical (unpaired) electrons. The summed E-state index contributed by atoms with van der Waals surface area (Å²) < 4.78 is 2.38. The highest BCUT2D eigenvalue weighted by atomic mass is 35.5. The number of piperazine rings is 1. The fourth-order valence-corrected chi connectivity index (χ4v) is 6.16. The SMILES string of the molecule is CN1CCN(C(C(=O)NNc2cc(Cl)cc(Cl)c2)c2cccc3c2sc2ccccc23)CC1.O=CO. The molecule has 7 nitrogen and oxygen atoms in total. The van der Waals surface area contributed by atoms with Crippen LogP contribution in [0.25, 0.3) is 20.2 Å². The zero-order valence-corrected chi connectivity index (χ0v) is 21.9. The Morgan fingerprint density at radius 3 is 2.33 bits per heavy atom. The fraction of sp³-hybridized carbons (Fsp3) is 0.231. The lowest BCUT2D eigenvalue weighted by molar-refractivity contribution is -0.127. The Morgan fingerprint density at radius 2 is 1.64 bits per heavy atom. The second-order valence-electron chi connectivity index (χ2n) is 8.44. The molecule has 2 heterocycles. The lowest BCUT2D eigenvalue weighted by Gasteiger charge is -2.37.